The number of aliphatic hydroxyl groups excluding tert-OH is 1. The van der Waals surface area contributed by atoms with Gasteiger partial charge in [0.15, 0.2) is 0 Å². The Balaban J connectivity index is 4.76. The first-order chi connectivity index (χ1) is 17.4. The maximum Gasteiger partial charge on any atom is 0.305 e. The molecule has 0 aromatic heterocycles. The molecule has 0 amide bonds. The van der Waals surface area contributed by atoms with Crippen LogP contribution in [0.25, 0.3) is 0 Å². The van der Waals surface area contributed by atoms with Gasteiger partial charge in [0.1, 0.15) is 19.8 Å². The summed E-state index contributed by atoms with van der Waals surface area (Å²) >= 11 is 0. The van der Waals surface area contributed by atoms with E-state index in [-0.39, 0.29) is 37.7 Å². The van der Waals surface area contributed by atoms with Crippen LogP contribution in [0, 0.1) is 5.41 Å². The van der Waals surface area contributed by atoms with Gasteiger partial charge in [-0.2, -0.15) is 0 Å². The molecule has 0 saturated carbocycles. The lowest BCUT2D eigenvalue weighted by molar-refractivity contribution is -0.165. The quantitative estimate of drug-likeness (QED) is 0.0824. The van der Waals surface area contributed by atoms with Crippen LogP contribution < -0.4 is 0 Å². The number of hydrogen-bond acceptors (Lipinski definition) is 7. The second kappa shape index (κ2) is 23.7. The van der Waals surface area contributed by atoms with E-state index in [1.165, 1.54) is 0 Å². The maximum atomic E-state index is 12.3. The van der Waals surface area contributed by atoms with Crippen LogP contribution in [0.4, 0.5) is 0 Å². The highest BCUT2D eigenvalue weighted by molar-refractivity contribution is 5.70. The van der Waals surface area contributed by atoms with Crippen molar-refractivity contribution < 1.29 is 33.7 Å². The minimum atomic E-state index is -1.16. The van der Waals surface area contributed by atoms with Gasteiger partial charge in [-0.1, -0.05) is 97.8 Å². The molecule has 0 fully saturated rings. The molecular formula is C29H54O7. The van der Waals surface area contributed by atoms with E-state index in [0.717, 1.165) is 96.3 Å². The van der Waals surface area contributed by atoms with Crippen molar-refractivity contribution in [1.82, 2.24) is 0 Å². The minimum absolute atomic E-state index is 0.162. The molecule has 0 aromatic carbocycles. The lowest BCUT2D eigenvalue weighted by Gasteiger charge is -2.30. The number of esters is 3. The monoisotopic (exact) mass is 514 g/mol. The summed E-state index contributed by atoms with van der Waals surface area (Å²) in [6, 6.07) is 0. The average molecular weight is 515 g/mol. The van der Waals surface area contributed by atoms with Gasteiger partial charge in [0.2, 0.25) is 0 Å². The van der Waals surface area contributed by atoms with E-state index >= 15 is 0 Å². The van der Waals surface area contributed by atoms with E-state index in [2.05, 4.69) is 20.8 Å². The fourth-order valence-electron chi connectivity index (χ4n) is 3.80. The van der Waals surface area contributed by atoms with Gasteiger partial charge in [-0.3, -0.25) is 14.4 Å². The Morgan fingerprint density at radius 3 is 1.03 bits per heavy atom. The molecule has 7 nitrogen and oxygen atoms in total. The molecule has 0 bridgehead atoms. The molecule has 0 aromatic rings. The van der Waals surface area contributed by atoms with Gasteiger partial charge < -0.3 is 19.3 Å². The van der Waals surface area contributed by atoms with Gasteiger partial charge in [0.05, 0.1) is 12.0 Å². The van der Waals surface area contributed by atoms with Crippen molar-refractivity contribution >= 4 is 17.9 Å². The Morgan fingerprint density at radius 2 is 0.778 bits per heavy atom. The summed E-state index contributed by atoms with van der Waals surface area (Å²) in [6.07, 6.45) is 16.2. The average Bonchev–Trinajstić information content (AvgIpc) is 2.88. The normalized spacial score (nSPS) is 11.3. The molecule has 0 aliphatic carbocycles. The molecule has 0 saturated heterocycles. The summed E-state index contributed by atoms with van der Waals surface area (Å²) in [5.74, 6) is -1.06. The van der Waals surface area contributed by atoms with Crippen molar-refractivity contribution in [2.75, 3.05) is 26.4 Å². The second-order valence-electron chi connectivity index (χ2n) is 10.1. The van der Waals surface area contributed by atoms with Crippen LogP contribution in [0.3, 0.4) is 0 Å². The lowest BCUT2D eigenvalue weighted by atomic mass is 9.92. The van der Waals surface area contributed by atoms with Gasteiger partial charge in [0.25, 0.3) is 0 Å². The van der Waals surface area contributed by atoms with Crippen molar-refractivity contribution in [2.45, 2.75) is 136 Å². The fraction of sp³-hybridized carbons (Fsp3) is 0.897. The zero-order valence-corrected chi connectivity index (χ0v) is 23.5. The van der Waals surface area contributed by atoms with Crippen molar-refractivity contribution in [3.63, 3.8) is 0 Å². The summed E-state index contributed by atoms with van der Waals surface area (Å²) in [4.78, 5) is 36.8. The Kier molecular flexibility index (Phi) is 22.7. The Hall–Kier alpha value is -1.63. The van der Waals surface area contributed by atoms with Crippen LogP contribution in [0.15, 0.2) is 0 Å². The molecule has 0 radical (unpaired) electrons. The Morgan fingerprint density at radius 1 is 0.500 bits per heavy atom. The van der Waals surface area contributed by atoms with Gasteiger partial charge in [-0.05, 0) is 19.3 Å². The highest BCUT2D eigenvalue weighted by Crippen LogP contribution is 2.21. The molecule has 0 rings (SSSR count). The van der Waals surface area contributed by atoms with E-state index in [1.807, 2.05) is 0 Å². The summed E-state index contributed by atoms with van der Waals surface area (Å²) in [5, 5.41) is 10.2. The van der Waals surface area contributed by atoms with Gasteiger partial charge in [-0.15, -0.1) is 0 Å². The fourth-order valence-corrected chi connectivity index (χ4v) is 3.80. The molecular weight excluding hydrogens is 460 g/mol. The van der Waals surface area contributed by atoms with E-state index in [4.69, 9.17) is 14.2 Å². The number of ether oxygens (including phenoxy) is 3. The standard InChI is InChI=1S/C29H54O7/c1-4-7-10-13-16-19-26(31)34-23-29(22-30,24-35-27(32)20-17-14-11-8-5-2)25-36-28(33)21-18-15-12-9-6-3/h30H,4-25H2,1-3H3. The van der Waals surface area contributed by atoms with E-state index in [9.17, 15) is 19.5 Å². The third kappa shape index (κ3) is 19.5. The zero-order chi connectivity index (χ0) is 26.9. The minimum Gasteiger partial charge on any atom is -0.465 e. The Labute approximate surface area is 220 Å². The third-order valence-corrected chi connectivity index (χ3v) is 6.41. The lowest BCUT2D eigenvalue weighted by Crippen LogP contribution is -2.42. The van der Waals surface area contributed by atoms with Crippen molar-refractivity contribution in [2.24, 2.45) is 5.41 Å². The van der Waals surface area contributed by atoms with Crippen LogP contribution in [-0.2, 0) is 28.6 Å². The van der Waals surface area contributed by atoms with Crippen LogP contribution in [0.5, 0.6) is 0 Å². The molecule has 0 aliphatic heterocycles. The maximum absolute atomic E-state index is 12.3. The van der Waals surface area contributed by atoms with Crippen molar-refractivity contribution in [1.29, 1.82) is 0 Å². The molecule has 0 atom stereocenters. The van der Waals surface area contributed by atoms with E-state index in [1.54, 1.807) is 0 Å². The van der Waals surface area contributed by atoms with Crippen LogP contribution in [0.1, 0.15) is 136 Å². The SMILES string of the molecule is CCCCCCCC(=O)OCC(CO)(COC(=O)CCCCCCC)COC(=O)CCCCCCC. The van der Waals surface area contributed by atoms with E-state index < -0.39 is 12.0 Å². The van der Waals surface area contributed by atoms with Crippen LogP contribution >= 0.6 is 0 Å². The number of rotatable bonds is 25. The predicted octanol–water partition coefficient (Wildman–Crippen LogP) is 6.68. The number of hydrogen-bond donors (Lipinski definition) is 1. The summed E-state index contributed by atoms with van der Waals surface area (Å²) in [7, 11) is 0. The molecule has 0 unspecified atom stereocenters. The third-order valence-electron chi connectivity index (χ3n) is 6.41. The largest absolute Gasteiger partial charge is 0.465 e. The number of unbranched alkanes of at least 4 members (excludes halogenated alkanes) is 12. The zero-order valence-electron chi connectivity index (χ0n) is 23.5. The predicted molar refractivity (Wildman–Crippen MR) is 143 cm³/mol. The van der Waals surface area contributed by atoms with Crippen molar-refractivity contribution in [3.05, 3.63) is 0 Å². The van der Waals surface area contributed by atoms with E-state index in [0.29, 0.717) is 19.3 Å². The first-order valence-electron chi connectivity index (χ1n) is 14.5. The summed E-state index contributed by atoms with van der Waals surface area (Å²) < 4.78 is 16.3. The van der Waals surface area contributed by atoms with Gasteiger partial charge in [0, 0.05) is 19.3 Å². The number of aliphatic hydroxyl groups is 1. The first kappa shape index (κ1) is 34.4. The molecule has 0 heterocycles. The van der Waals surface area contributed by atoms with Crippen molar-refractivity contribution in [3.8, 4) is 0 Å². The van der Waals surface area contributed by atoms with Gasteiger partial charge >= 0.3 is 17.9 Å². The highest BCUT2D eigenvalue weighted by Gasteiger charge is 2.35. The molecule has 7 heteroatoms. The molecule has 1 N–H and O–H groups in total. The molecule has 36 heavy (non-hydrogen) atoms. The number of carbonyl (C=O) groups excluding carboxylic acids is 3. The Bertz CT molecular complexity index is 488. The number of carbonyl (C=O) groups is 3. The highest BCUT2D eigenvalue weighted by atomic mass is 16.6. The van der Waals surface area contributed by atoms with Gasteiger partial charge in [-0.25, -0.2) is 0 Å². The van der Waals surface area contributed by atoms with Crippen LogP contribution in [-0.4, -0.2) is 49.4 Å². The second-order valence-corrected chi connectivity index (χ2v) is 10.1. The first-order valence-corrected chi connectivity index (χ1v) is 14.5. The topological polar surface area (TPSA) is 99.1 Å². The van der Waals surface area contributed by atoms with Crippen LogP contribution in [0.2, 0.25) is 0 Å². The smallest absolute Gasteiger partial charge is 0.305 e. The molecule has 0 aliphatic rings. The molecule has 0 spiro atoms. The molecule has 212 valence electrons. The summed E-state index contributed by atoms with van der Waals surface area (Å²) in [5.41, 5.74) is -1.16. The summed E-state index contributed by atoms with van der Waals surface area (Å²) in [6.45, 7) is 5.51.